The number of hydrogen-bond donors (Lipinski definition) is 3. The molecule has 8 nitrogen and oxygen atoms in total. The minimum atomic E-state index is -0.604. The van der Waals surface area contributed by atoms with Crippen LogP contribution in [0.15, 0.2) is 18.2 Å². The van der Waals surface area contributed by atoms with Crippen molar-refractivity contribution in [2.24, 2.45) is 0 Å². The average Bonchev–Trinajstić information content (AvgIpc) is 2.36. The van der Waals surface area contributed by atoms with Gasteiger partial charge in [0.25, 0.3) is 11.6 Å². The van der Waals surface area contributed by atoms with Gasteiger partial charge in [0.2, 0.25) is 0 Å². The number of nitro groups is 1. The molecule has 2 rings (SSSR count). The Bertz CT molecular complexity index is 542. The van der Waals surface area contributed by atoms with Crippen molar-refractivity contribution >= 4 is 17.3 Å². The van der Waals surface area contributed by atoms with Crippen molar-refractivity contribution in [2.45, 2.75) is 12.5 Å². The first kappa shape index (κ1) is 14.2. The number of amides is 1. The summed E-state index contributed by atoms with van der Waals surface area (Å²) in [7, 11) is 0. The Labute approximate surface area is 114 Å². The first-order valence-corrected chi connectivity index (χ1v) is 6.02. The molecule has 108 valence electrons. The molecule has 1 heterocycles. The number of anilines is 1. The van der Waals surface area contributed by atoms with Crippen LogP contribution in [-0.2, 0) is 9.53 Å². The molecule has 1 aromatic rings. The number of carbonyl (C=O) groups is 1. The van der Waals surface area contributed by atoms with Gasteiger partial charge < -0.3 is 20.5 Å². The molecular weight excluding hydrogens is 266 g/mol. The minimum absolute atomic E-state index is 0.00955. The van der Waals surface area contributed by atoms with Crippen LogP contribution in [0.25, 0.3) is 0 Å². The number of phenols is 1. The third-order valence-corrected chi connectivity index (χ3v) is 3.01. The van der Waals surface area contributed by atoms with Crippen LogP contribution in [0.3, 0.4) is 0 Å². The molecule has 0 atom stereocenters. The highest BCUT2D eigenvalue weighted by molar-refractivity contribution is 5.93. The van der Waals surface area contributed by atoms with E-state index in [0.717, 1.165) is 18.2 Å². The fourth-order valence-electron chi connectivity index (χ4n) is 1.74. The smallest absolute Gasteiger partial charge is 0.271 e. The fourth-order valence-corrected chi connectivity index (χ4v) is 1.74. The summed E-state index contributed by atoms with van der Waals surface area (Å²) in [5.74, 6) is -0.714. The van der Waals surface area contributed by atoms with Crippen molar-refractivity contribution in [1.29, 1.82) is 0 Å². The van der Waals surface area contributed by atoms with Crippen LogP contribution in [0.1, 0.15) is 6.92 Å². The van der Waals surface area contributed by atoms with E-state index >= 15 is 0 Å². The standard InChI is InChI=1S/C12H15N3O5/c1-12(6-13-7-12)20-5-11(17)14-9-4-8(15(18)19)2-3-10(9)16/h2-4,13,16H,5-7H2,1H3,(H,14,17). The molecule has 1 saturated heterocycles. The summed E-state index contributed by atoms with van der Waals surface area (Å²) in [4.78, 5) is 21.7. The van der Waals surface area contributed by atoms with Crippen molar-refractivity contribution in [1.82, 2.24) is 5.32 Å². The molecule has 0 radical (unpaired) electrons. The largest absolute Gasteiger partial charge is 0.506 e. The second kappa shape index (κ2) is 5.43. The number of nitrogens with one attached hydrogen (secondary N) is 2. The van der Waals surface area contributed by atoms with Gasteiger partial charge in [-0.05, 0) is 13.0 Å². The van der Waals surface area contributed by atoms with Crippen molar-refractivity contribution in [3.8, 4) is 5.75 Å². The van der Waals surface area contributed by atoms with E-state index in [4.69, 9.17) is 4.74 Å². The van der Waals surface area contributed by atoms with Crippen LogP contribution in [0.2, 0.25) is 0 Å². The van der Waals surface area contributed by atoms with Crippen LogP contribution < -0.4 is 10.6 Å². The number of rotatable bonds is 5. The molecule has 1 aliphatic rings. The molecule has 1 aliphatic heterocycles. The summed E-state index contributed by atoms with van der Waals surface area (Å²) in [6.45, 7) is 3.03. The van der Waals surface area contributed by atoms with Crippen LogP contribution >= 0.6 is 0 Å². The number of nitro benzene ring substituents is 1. The molecule has 20 heavy (non-hydrogen) atoms. The van der Waals surface area contributed by atoms with E-state index in [9.17, 15) is 20.0 Å². The molecule has 1 amide bonds. The Kier molecular flexibility index (Phi) is 3.86. The fraction of sp³-hybridized carbons (Fsp3) is 0.417. The van der Waals surface area contributed by atoms with E-state index in [0.29, 0.717) is 13.1 Å². The summed E-state index contributed by atoms with van der Waals surface area (Å²) in [5, 5.41) is 25.6. The first-order chi connectivity index (χ1) is 9.39. The highest BCUT2D eigenvalue weighted by Crippen LogP contribution is 2.27. The lowest BCUT2D eigenvalue weighted by molar-refractivity contribution is -0.384. The Morgan fingerprint density at radius 1 is 1.60 bits per heavy atom. The third-order valence-electron chi connectivity index (χ3n) is 3.01. The Morgan fingerprint density at radius 2 is 2.30 bits per heavy atom. The second-order valence-corrected chi connectivity index (χ2v) is 4.85. The van der Waals surface area contributed by atoms with Crippen molar-refractivity contribution in [2.75, 3.05) is 25.0 Å². The highest BCUT2D eigenvalue weighted by Gasteiger charge is 2.33. The Morgan fingerprint density at radius 3 is 2.85 bits per heavy atom. The van der Waals surface area contributed by atoms with E-state index in [1.807, 2.05) is 6.92 Å². The van der Waals surface area contributed by atoms with Gasteiger partial charge in [0.05, 0.1) is 16.2 Å². The van der Waals surface area contributed by atoms with Gasteiger partial charge in [-0.15, -0.1) is 0 Å². The van der Waals surface area contributed by atoms with Gasteiger partial charge in [-0.25, -0.2) is 0 Å². The number of carbonyl (C=O) groups excluding carboxylic acids is 1. The number of ether oxygens (including phenoxy) is 1. The second-order valence-electron chi connectivity index (χ2n) is 4.85. The van der Waals surface area contributed by atoms with Gasteiger partial charge in [0.15, 0.2) is 0 Å². The topological polar surface area (TPSA) is 114 Å². The molecule has 0 aliphatic carbocycles. The van der Waals surface area contributed by atoms with Gasteiger partial charge in [0, 0.05) is 25.2 Å². The van der Waals surface area contributed by atoms with Crippen molar-refractivity contribution in [3.05, 3.63) is 28.3 Å². The Balaban J connectivity index is 1.96. The van der Waals surface area contributed by atoms with E-state index < -0.39 is 10.8 Å². The van der Waals surface area contributed by atoms with Gasteiger partial charge in [0.1, 0.15) is 12.4 Å². The number of aromatic hydroxyl groups is 1. The van der Waals surface area contributed by atoms with Gasteiger partial charge in [-0.2, -0.15) is 0 Å². The zero-order valence-corrected chi connectivity index (χ0v) is 10.9. The molecule has 0 saturated carbocycles. The lowest BCUT2D eigenvalue weighted by atomic mass is 10.0. The van der Waals surface area contributed by atoms with Crippen LogP contribution in [0.4, 0.5) is 11.4 Å². The summed E-state index contributed by atoms with van der Waals surface area (Å²) >= 11 is 0. The summed E-state index contributed by atoms with van der Waals surface area (Å²) in [6.07, 6.45) is 0. The number of non-ortho nitro benzene ring substituents is 1. The van der Waals surface area contributed by atoms with Crippen LogP contribution in [0.5, 0.6) is 5.75 Å². The van der Waals surface area contributed by atoms with E-state index in [-0.39, 0.29) is 29.3 Å². The lowest BCUT2D eigenvalue weighted by Crippen LogP contribution is -2.59. The minimum Gasteiger partial charge on any atom is -0.506 e. The summed E-state index contributed by atoms with van der Waals surface area (Å²) in [6, 6.07) is 3.41. The molecule has 1 fully saturated rings. The molecule has 0 bridgehead atoms. The zero-order valence-electron chi connectivity index (χ0n) is 10.9. The summed E-state index contributed by atoms with van der Waals surface area (Å²) < 4.78 is 5.43. The third kappa shape index (κ3) is 3.22. The van der Waals surface area contributed by atoms with Gasteiger partial charge >= 0.3 is 0 Å². The number of hydrogen-bond acceptors (Lipinski definition) is 6. The van der Waals surface area contributed by atoms with E-state index in [2.05, 4.69) is 10.6 Å². The monoisotopic (exact) mass is 281 g/mol. The quantitative estimate of drug-likeness (QED) is 0.414. The molecule has 0 unspecified atom stereocenters. The Hall–Kier alpha value is -2.19. The number of phenolic OH excluding ortho intramolecular Hbond substituents is 1. The molecular formula is C12H15N3O5. The molecule has 8 heteroatoms. The number of nitrogens with zero attached hydrogens (tertiary/aromatic N) is 1. The molecule has 1 aromatic carbocycles. The number of benzene rings is 1. The summed E-state index contributed by atoms with van der Waals surface area (Å²) in [5.41, 5.74) is -0.582. The van der Waals surface area contributed by atoms with Gasteiger partial charge in [-0.3, -0.25) is 14.9 Å². The normalized spacial score (nSPS) is 16.2. The molecule has 3 N–H and O–H groups in total. The van der Waals surface area contributed by atoms with Crippen LogP contribution in [-0.4, -0.2) is 41.2 Å². The van der Waals surface area contributed by atoms with E-state index in [1.165, 1.54) is 0 Å². The maximum Gasteiger partial charge on any atom is 0.271 e. The van der Waals surface area contributed by atoms with Crippen molar-refractivity contribution in [3.63, 3.8) is 0 Å². The maximum absolute atomic E-state index is 11.7. The first-order valence-electron chi connectivity index (χ1n) is 6.02. The molecule has 0 aromatic heterocycles. The van der Waals surface area contributed by atoms with Crippen molar-refractivity contribution < 1.29 is 19.6 Å². The highest BCUT2D eigenvalue weighted by atomic mass is 16.6. The lowest BCUT2D eigenvalue weighted by Gasteiger charge is -2.38. The van der Waals surface area contributed by atoms with E-state index in [1.54, 1.807) is 0 Å². The SMILES string of the molecule is CC1(OCC(=O)Nc2cc([N+](=O)[O-])ccc2O)CNC1. The predicted molar refractivity (Wildman–Crippen MR) is 70.6 cm³/mol. The van der Waals surface area contributed by atoms with Gasteiger partial charge in [-0.1, -0.05) is 0 Å². The average molecular weight is 281 g/mol. The van der Waals surface area contributed by atoms with Crippen LogP contribution in [0, 0.1) is 10.1 Å². The maximum atomic E-state index is 11.7. The zero-order chi connectivity index (χ0) is 14.8. The molecule has 0 spiro atoms. The predicted octanol–water partition coefficient (Wildman–Crippen LogP) is 0.617.